The number of nitrogens with zero attached hydrogens (tertiary/aromatic N) is 6. The molecule has 8 nitrogen and oxygen atoms in total. The van der Waals surface area contributed by atoms with Gasteiger partial charge < -0.3 is 15.1 Å². The lowest BCUT2D eigenvalue weighted by Gasteiger charge is -2.35. The van der Waals surface area contributed by atoms with Crippen molar-refractivity contribution in [2.45, 2.75) is 20.8 Å². The molecule has 8 heteroatoms. The summed E-state index contributed by atoms with van der Waals surface area (Å²) in [5, 5.41) is 3.15. The summed E-state index contributed by atoms with van der Waals surface area (Å²) in [6.07, 6.45) is 3.16. The fourth-order valence-corrected chi connectivity index (χ4v) is 2.75. The Hall–Kier alpha value is -2.77. The van der Waals surface area contributed by atoms with Gasteiger partial charge in [0, 0.05) is 50.7 Å². The second-order valence-corrected chi connectivity index (χ2v) is 6.04. The monoisotopic (exact) mass is 341 g/mol. The van der Waals surface area contributed by atoms with Crippen LogP contribution in [-0.2, 0) is 0 Å². The lowest BCUT2D eigenvalue weighted by Crippen LogP contribution is -2.49. The zero-order valence-corrected chi connectivity index (χ0v) is 14.9. The maximum absolute atomic E-state index is 12.5. The molecule has 0 unspecified atom stereocenters. The molecule has 0 atom stereocenters. The lowest BCUT2D eigenvalue weighted by atomic mass is 10.2. The number of hydrogen-bond donors (Lipinski definition) is 1. The van der Waals surface area contributed by atoms with Crippen molar-refractivity contribution in [2.24, 2.45) is 0 Å². The molecule has 1 amide bonds. The average Bonchev–Trinajstić information content (AvgIpc) is 2.62. The lowest BCUT2D eigenvalue weighted by molar-refractivity contribution is 0.0740. The topological polar surface area (TPSA) is 87.1 Å². The highest BCUT2D eigenvalue weighted by molar-refractivity contribution is 5.92. The Bertz CT molecular complexity index is 739. The van der Waals surface area contributed by atoms with Gasteiger partial charge in [-0.2, -0.15) is 4.98 Å². The Kier molecular flexibility index (Phi) is 5.06. The van der Waals surface area contributed by atoms with E-state index < -0.39 is 0 Å². The van der Waals surface area contributed by atoms with Crippen molar-refractivity contribution in [3.63, 3.8) is 0 Å². The quantitative estimate of drug-likeness (QED) is 0.896. The summed E-state index contributed by atoms with van der Waals surface area (Å²) in [4.78, 5) is 33.8. The van der Waals surface area contributed by atoms with Crippen LogP contribution in [0.5, 0.6) is 0 Å². The Morgan fingerprint density at radius 3 is 2.48 bits per heavy atom. The van der Waals surface area contributed by atoms with E-state index in [-0.39, 0.29) is 5.91 Å². The fraction of sp³-hybridized carbons (Fsp3) is 0.471. The zero-order chi connectivity index (χ0) is 17.8. The van der Waals surface area contributed by atoms with Crippen LogP contribution >= 0.6 is 0 Å². The number of aromatic nitrogens is 4. The average molecular weight is 341 g/mol. The van der Waals surface area contributed by atoms with Crippen LogP contribution in [0.25, 0.3) is 0 Å². The van der Waals surface area contributed by atoms with Crippen molar-refractivity contribution < 1.29 is 4.79 Å². The van der Waals surface area contributed by atoms with Crippen LogP contribution in [0.3, 0.4) is 0 Å². The number of nitrogens with one attached hydrogen (secondary N) is 1. The van der Waals surface area contributed by atoms with E-state index in [9.17, 15) is 4.79 Å². The van der Waals surface area contributed by atoms with Gasteiger partial charge in [-0.1, -0.05) is 0 Å². The van der Waals surface area contributed by atoms with Gasteiger partial charge in [-0.3, -0.25) is 9.78 Å². The third-order valence-corrected chi connectivity index (χ3v) is 4.07. The number of piperazine rings is 1. The molecular weight excluding hydrogens is 318 g/mol. The molecule has 1 aliphatic rings. The minimum atomic E-state index is -0.0700. The van der Waals surface area contributed by atoms with Crippen molar-refractivity contribution in [3.05, 3.63) is 35.5 Å². The van der Waals surface area contributed by atoms with Gasteiger partial charge in [-0.05, 0) is 20.8 Å². The first-order valence-electron chi connectivity index (χ1n) is 8.49. The molecule has 0 spiro atoms. The second-order valence-electron chi connectivity index (χ2n) is 6.04. The van der Waals surface area contributed by atoms with Crippen LogP contribution in [0, 0.1) is 13.8 Å². The van der Waals surface area contributed by atoms with E-state index in [0.29, 0.717) is 24.7 Å². The largest absolute Gasteiger partial charge is 0.354 e. The van der Waals surface area contributed by atoms with E-state index in [1.807, 2.05) is 31.7 Å². The van der Waals surface area contributed by atoms with E-state index in [1.54, 1.807) is 12.4 Å². The summed E-state index contributed by atoms with van der Waals surface area (Å²) in [7, 11) is 0. The molecule has 25 heavy (non-hydrogen) atoms. The SMILES string of the molecule is CCNc1nc(C)cc(N2CCN(C(=O)c3cnc(C)cn3)CC2)n1. The Balaban J connectivity index is 1.65. The number of anilines is 2. The van der Waals surface area contributed by atoms with Crippen molar-refractivity contribution >= 4 is 17.7 Å². The van der Waals surface area contributed by atoms with Crippen molar-refractivity contribution in [1.29, 1.82) is 0 Å². The molecule has 0 saturated carbocycles. The first-order valence-corrected chi connectivity index (χ1v) is 8.49. The summed E-state index contributed by atoms with van der Waals surface area (Å²) >= 11 is 0. The van der Waals surface area contributed by atoms with E-state index in [4.69, 9.17) is 0 Å². The second kappa shape index (κ2) is 7.42. The summed E-state index contributed by atoms with van der Waals surface area (Å²) < 4.78 is 0. The molecule has 3 rings (SSSR count). The normalized spacial score (nSPS) is 14.5. The Morgan fingerprint density at radius 2 is 1.84 bits per heavy atom. The third-order valence-electron chi connectivity index (χ3n) is 4.07. The molecule has 0 bridgehead atoms. The molecule has 2 aromatic rings. The van der Waals surface area contributed by atoms with Gasteiger partial charge in [0.25, 0.3) is 5.91 Å². The highest BCUT2D eigenvalue weighted by Gasteiger charge is 2.24. The molecule has 1 fully saturated rings. The van der Waals surface area contributed by atoms with E-state index in [2.05, 4.69) is 30.2 Å². The van der Waals surface area contributed by atoms with Crippen molar-refractivity contribution in [2.75, 3.05) is 42.9 Å². The molecule has 1 aliphatic heterocycles. The number of hydrogen-bond acceptors (Lipinski definition) is 7. The third kappa shape index (κ3) is 4.01. The molecule has 1 N–H and O–H groups in total. The molecule has 2 aromatic heterocycles. The van der Waals surface area contributed by atoms with E-state index >= 15 is 0 Å². The first-order chi connectivity index (χ1) is 12.1. The van der Waals surface area contributed by atoms with E-state index in [0.717, 1.165) is 36.8 Å². The fourth-order valence-electron chi connectivity index (χ4n) is 2.75. The predicted molar refractivity (Wildman–Crippen MR) is 95.8 cm³/mol. The highest BCUT2D eigenvalue weighted by atomic mass is 16.2. The van der Waals surface area contributed by atoms with Crippen LogP contribution < -0.4 is 10.2 Å². The highest BCUT2D eigenvalue weighted by Crippen LogP contribution is 2.17. The molecular formula is C17H23N7O. The minimum Gasteiger partial charge on any atom is -0.354 e. The number of amides is 1. The van der Waals surface area contributed by atoms with Crippen molar-refractivity contribution in [1.82, 2.24) is 24.8 Å². The van der Waals surface area contributed by atoms with Gasteiger partial charge in [0.1, 0.15) is 11.5 Å². The smallest absolute Gasteiger partial charge is 0.274 e. The van der Waals surface area contributed by atoms with Gasteiger partial charge in [0.15, 0.2) is 0 Å². The number of carbonyl (C=O) groups is 1. The van der Waals surface area contributed by atoms with Crippen LogP contribution in [0.2, 0.25) is 0 Å². The predicted octanol–water partition coefficient (Wildman–Crippen LogP) is 1.28. The first kappa shape index (κ1) is 17.1. The zero-order valence-electron chi connectivity index (χ0n) is 14.9. The standard InChI is InChI=1S/C17H23N7O/c1-4-18-17-21-12(2)9-15(22-17)23-5-7-24(8-6-23)16(25)14-11-19-13(3)10-20-14/h9-11H,4-8H2,1-3H3,(H,18,21,22). The molecule has 0 aromatic carbocycles. The molecule has 0 radical (unpaired) electrons. The molecule has 0 aliphatic carbocycles. The summed E-state index contributed by atoms with van der Waals surface area (Å²) in [5.74, 6) is 1.47. The van der Waals surface area contributed by atoms with Crippen LogP contribution in [0.4, 0.5) is 11.8 Å². The van der Waals surface area contributed by atoms with Crippen LogP contribution in [-0.4, -0.2) is 63.5 Å². The van der Waals surface area contributed by atoms with Gasteiger partial charge in [-0.15, -0.1) is 0 Å². The van der Waals surface area contributed by atoms with Crippen molar-refractivity contribution in [3.8, 4) is 0 Å². The van der Waals surface area contributed by atoms with Gasteiger partial charge in [0.2, 0.25) is 5.95 Å². The summed E-state index contributed by atoms with van der Waals surface area (Å²) in [6.45, 7) is 9.34. The maximum atomic E-state index is 12.5. The number of carbonyl (C=O) groups excluding carboxylic acids is 1. The summed E-state index contributed by atoms with van der Waals surface area (Å²) in [5.41, 5.74) is 2.12. The van der Waals surface area contributed by atoms with Gasteiger partial charge in [0.05, 0.1) is 11.9 Å². The minimum absolute atomic E-state index is 0.0700. The van der Waals surface area contributed by atoms with Crippen LogP contribution in [0.1, 0.15) is 28.8 Å². The number of rotatable bonds is 4. The Labute approximate surface area is 147 Å². The summed E-state index contributed by atoms with van der Waals surface area (Å²) in [6, 6.07) is 1.98. The Morgan fingerprint density at radius 1 is 1.08 bits per heavy atom. The van der Waals surface area contributed by atoms with Crippen LogP contribution in [0.15, 0.2) is 18.5 Å². The molecule has 132 valence electrons. The molecule has 3 heterocycles. The van der Waals surface area contributed by atoms with E-state index in [1.165, 1.54) is 0 Å². The van der Waals surface area contributed by atoms with Gasteiger partial charge >= 0.3 is 0 Å². The number of aryl methyl sites for hydroxylation is 2. The molecule has 1 saturated heterocycles. The maximum Gasteiger partial charge on any atom is 0.274 e. The van der Waals surface area contributed by atoms with Gasteiger partial charge in [-0.25, -0.2) is 9.97 Å².